The second-order valence-corrected chi connectivity index (χ2v) is 3.65. The fourth-order valence-corrected chi connectivity index (χ4v) is 1.49. The fraction of sp³-hybridized carbons (Fsp3) is 0.455. The zero-order valence-corrected chi connectivity index (χ0v) is 9.40. The lowest BCUT2D eigenvalue weighted by Crippen LogP contribution is -2.36. The van der Waals surface area contributed by atoms with Gasteiger partial charge in [-0.2, -0.15) is 0 Å². The molecule has 0 aliphatic heterocycles. The Morgan fingerprint density at radius 2 is 2.27 bits per heavy atom. The minimum absolute atomic E-state index is 0.00148. The van der Waals surface area contributed by atoms with Gasteiger partial charge >= 0.3 is 0 Å². The van der Waals surface area contributed by atoms with Crippen LogP contribution in [0.3, 0.4) is 0 Å². The maximum atomic E-state index is 12.0. The molecule has 2 N–H and O–H groups in total. The van der Waals surface area contributed by atoms with Crippen molar-refractivity contribution in [2.45, 2.75) is 26.8 Å². The molecule has 0 saturated carbocycles. The molecule has 0 aliphatic carbocycles. The predicted octanol–water partition coefficient (Wildman–Crippen LogP) is 1.53. The number of nitrogens with two attached hydrogens (primary N) is 1. The van der Waals surface area contributed by atoms with Crippen LogP contribution in [-0.2, 0) is 0 Å². The van der Waals surface area contributed by atoms with E-state index in [2.05, 4.69) is 4.98 Å². The van der Waals surface area contributed by atoms with E-state index in [0.29, 0.717) is 17.9 Å². The van der Waals surface area contributed by atoms with Crippen molar-refractivity contribution < 1.29 is 4.79 Å². The van der Waals surface area contributed by atoms with Crippen LogP contribution in [0, 0.1) is 0 Å². The minimum atomic E-state index is 0.00148. The highest BCUT2D eigenvalue weighted by molar-refractivity contribution is 5.94. The molecule has 1 amide bonds. The number of pyridine rings is 1. The van der Waals surface area contributed by atoms with Gasteiger partial charge in [-0.15, -0.1) is 0 Å². The highest BCUT2D eigenvalue weighted by Crippen LogP contribution is 2.09. The summed E-state index contributed by atoms with van der Waals surface area (Å²) >= 11 is 0. The van der Waals surface area contributed by atoms with Crippen molar-refractivity contribution in [2.75, 3.05) is 12.3 Å². The highest BCUT2D eigenvalue weighted by Gasteiger charge is 2.16. The Bertz CT molecular complexity index is 349. The van der Waals surface area contributed by atoms with Gasteiger partial charge in [-0.25, -0.2) is 4.98 Å². The van der Waals surface area contributed by atoms with Gasteiger partial charge in [0.25, 0.3) is 5.91 Å². The summed E-state index contributed by atoms with van der Waals surface area (Å²) < 4.78 is 0. The molecule has 1 heterocycles. The minimum Gasteiger partial charge on any atom is -0.384 e. The van der Waals surface area contributed by atoms with Gasteiger partial charge in [0.1, 0.15) is 5.82 Å². The van der Waals surface area contributed by atoms with Gasteiger partial charge < -0.3 is 10.6 Å². The Morgan fingerprint density at radius 1 is 1.60 bits per heavy atom. The maximum absolute atomic E-state index is 12.0. The van der Waals surface area contributed by atoms with Gasteiger partial charge in [-0.3, -0.25) is 4.79 Å². The topological polar surface area (TPSA) is 59.2 Å². The molecule has 1 aromatic heterocycles. The highest BCUT2D eigenvalue weighted by atomic mass is 16.2. The van der Waals surface area contributed by atoms with E-state index in [4.69, 9.17) is 5.73 Å². The number of rotatable bonds is 3. The van der Waals surface area contributed by atoms with Gasteiger partial charge in [-0.1, -0.05) is 0 Å². The Kier molecular flexibility index (Phi) is 3.66. The first-order valence-electron chi connectivity index (χ1n) is 5.08. The van der Waals surface area contributed by atoms with E-state index in [0.717, 1.165) is 0 Å². The molecule has 1 rings (SSSR count). The molecule has 0 radical (unpaired) electrons. The maximum Gasteiger partial charge on any atom is 0.254 e. The molecule has 15 heavy (non-hydrogen) atoms. The summed E-state index contributed by atoms with van der Waals surface area (Å²) in [6.07, 6.45) is 1.55. The van der Waals surface area contributed by atoms with Gasteiger partial charge in [0, 0.05) is 24.3 Å². The third-order valence-corrected chi connectivity index (χ3v) is 2.25. The van der Waals surface area contributed by atoms with Gasteiger partial charge in [0.05, 0.1) is 0 Å². The number of aromatic nitrogens is 1. The lowest BCUT2D eigenvalue weighted by atomic mass is 10.2. The quantitative estimate of drug-likeness (QED) is 0.817. The summed E-state index contributed by atoms with van der Waals surface area (Å²) in [4.78, 5) is 17.7. The van der Waals surface area contributed by atoms with Crippen LogP contribution >= 0.6 is 0 Å². The Hall–Kier alpha value is -1.58. The summed E-state index contributed by atoms with van der Waals surface area (Å²) in [7, 11) is 0. The summed E-state index contributed by atoms with van der Waals surface area (Å²) in [6.45, 7) is 6.64. The van der Waals surface area contributed by atoms with E-state index >= 15 is 0 Å². The van der Waals surface area contributed by atoms with Crippen molar-refractivity contribution >= 4 is 11.7 Å². The van der Waals surface area contributed by atoms with Crippen molar-refractivity contribution in [3.8, 4) is 0 Å². The molecular formula is C11H17N3O. The average molecular weight is 207 g/mol. The Labute approximate surface area is 90.1 Å². The summed E-state index contributed by atoms with van der Waals surface area (Å²) in [5.74, 6) is 0.377. The second-order valence-electron chi connectivity index (χ2n) is 3.65. The molecular weight excluding hydrogens is 190 g/mol. The van der Waals surface area contributed by atoms with E-state index < -0.39 is 0 Å². The van der Waals surface area contributed by atoms with Crippen LogP contribution in [0.2, 0.25) is 0 Å². The van der Waals surface area contributed by atoms with Crippen LogP contribution in [0.25, 0.3) is 0 Å². The van der Waals surface area contributed by atoms with Crippen molar-refractivity contribution in [3.63, 3.8) is 0 Å². The standard InChI is InChI=1S/C11H17N3O/c1-4-14(8(2)3)11(15)9-5-6-13-10(12)7-9/h5-8H,4H2,1-3H3,(H2,12,13). The van der Waals surface area contributed by atoms with Crippen LogP contribution in [0.5, 0.6) is 0 Å². The Morgan fingerprint density at radius 3 is 2.73 bits per heavy atom. The average Bonchev–Trinajstić information content (AvgIpc) is 2.18. The van der Waals surface area contributed by atoms with Gasteiger partial charge in [0.2, 0.25) is 0 Å². The summed E-state index contributed by atoms with van der Waals surface area (Å²) in [5, 5.41) is 0. The Balaban J connectivity index is 2.93. The molecule has 0 bridgehead atoms. The van der Waals surface area contributed by atoms with Crippen LogP contribution in [0.1, 0.15) is 31.1 Å². The number of nitrogen functional groups attached to an aromatic ring is 1. The van der Waals surface area contributed by atoms with E-state index in [9.17, 15) is 4.79 Å². The molecule has 0 aliphatic rings. The van der Waals surface area contributed by atoms with Crippen molar-refractivity contribution in [2.24, 2.45) is 0 Å². The number of carbonyl (C=O) groups is 1. The van der Waals surface area contributed by atoms with Crippen LogP contribution in [-0.4, -0.2) is 28.4 Å². The normalized spacial score (nSPS) is 10.4. The van der Waals surface area contributed by atoms with Crippen LogP contribution in [0.15, 0.2) is 18.3 Å². The van der Waals surface area contributed by atoms with Crippen LogP contribution in [0.4, 0.5) is 5.82 Å². The number of nitrogens with zero attached hydrogens (tertiary/aromatic N) is 2. The van der Waals surface area contributed by atoms with Gasteiger partial charge in [-0.05, 0) is 32.9 Å². The number of anilines is 1. The molecule has 1 aromatic rings. The zero-order chi connectivity index (χ0) is 11.4. The van der Waals surface area contributed by atoms with E-state index in [1.165, 1.54) is 0 Å². The lowest BCUT2D eigenvalue weighted by Gasteiger charge is -2.25. The molecule has 4 heteroatoms. The number of carbonyl (C=O) groups excluding carboxylic acids is 1. The van der Waals surface area contributed by atoms with Crippen LogP contribution < -0.4 is 5.73 Å². The molecule has 0 aromatic carbocycles. The molecule has 0 spiro atoms. The molecule has 0 unspecified atom stereocenters. The molecule has 82 valence electrons. The monoisotopic (exact) mass is 207 g/mol. The first-order chi connectivity index (χ1) is 7.06. The molecule has 4 nitrogen and oxygen atoms in total. The fourth-order valence-electron chi connectivity index (χ4n) is 1.49. The molecule has 0 fully saturated rings. The first-order valence-corrected chi connectivity index (χ1v) is 5.08. The predicted molar refractivity (Wildman–Crippen MR) is 60.5 cm³/mol. The molecule has 0 saturated heterocycles. The second kappa shape index (κ2) is 4.77. The SMILES string of the molecule is CCN(C(=O)c1ccnc(N)c1)C(C)C. The number of hydrogen-bond donors (Lipinski definition) is 1. The van der Waals surface area contributed by atoms with Gasteiger partial charge in [0.15, 0.2) is 0 Å². The molecule has 0 atom stereocenters. The van der Waals surface area contributed by atoms with Crippen molar-refractivity contribution in [1.82, 2.24) is 9.88 Å². The number of hydrogen-bond acceptors (Lipinski definition) is 3. The summed E-state index contributed by atoms with van der Waals surface area (Å²) in [6, 6.07) is 3.48. The third kappa shape index (κ3) is 2.68. The zero-order valence-electron chi connectivity index (χ0n) is 9.40. The summed E-state index contributed by atoms with van der Waals surface area (Å²) in [5.41, 5.74) is 6.13. The largest absolute Gasteiger partial charge is 0.384 e. The van der Waals surface area contributed by atoms with Crippen molar-refractivity contribution in [1.29, 1.82) is 0 Å². The lowest BCUT2D eigenvalue weighted by molar-refractivity contribution is 0.0717. The van der Waals surface area contributed by atoms with E-state index in [1.54, 1.807) is 23.2 Å². The smallest absolute Gasteiger partial charge is 0.254 e. The first kappa shape index (κ1) is 11.5. The van der Waals surface area contributed by atoms with E-state index in [1.807, 2.05) is 20.8 Å². The third-order valence-electron chi connectivity index (χ3n) is 2.25. The van der Waals surface area contributed by atoms with Crippen molar-refractivity contribution in [3.05, 3.63) is 23.9 Å². The van der Waals surface area contributed by atoms with E-state index in [-0.39, 0.29) is 11.9 Å². The number of amides is 1.